The van der Waals surface area contributed by atoms with Gasteiger partial charge in [-0.1, -0.05) is 22.0 Å². The van der Waals surface area contributed by atoms with Crippen molar-refractivity contribution in [3.63, 3.8) is 0 Å². The van der Waals surface area contributed by atoms with Crippen molar-refractivity contribution in [2.75, 3.05) is 18.5 Å². The Morgan fingerprint density at radius 1 is 1.44 bits per heavy atom. The second-order valence-corrected chi connectivity index (χ2v) is 6.17. The summed E-state index contributed by atoms with van der Waals surface area (Å²) in [6, 6.07) is 5.94. The molecule has 0 bridgehead atoms. The molecular weight excluding hydrogens is 294 g/mol. The highest BCUT2D eigenvalue weighted by Crippen LogP contribution is 2.33. The largest absolute Gasteiger partial charge is 0.393 e. The van der Waals surface area contributed by atoms with Gasteiger partial charge in [0, 0.05) is 29.3 Å². The van der Waals surface area contributed by atoms with Crippen molar-refractivity contribution in [2.24, 2.45) is 5.92 Å². The fourth-order valence-electron chi connectivity index (χ4n) is 2.54. The van der Waals surface area contributed by atoms with Crippen LogP contribution in [-0.4, -0.2) is 29.9 Å². The molecule has 0 heterocycles. The van der Waals surface area contributed by atoms with Crippen molar-refractivity contribution < 1.29 is 10.2 Å². The monoisotopic (exact) mass is 313 g/mol. The average molecular weight is 314 g/mol. The minimum absolute atomic E-state index is 0.109. The number of aliphatic hydroxyl groups is 2. The molecular formula is C14H20BrNO2. The number of rotatable bonds is 4. The molecule has 1 saturated carbocycles. The molecule has 2 rings (SSSR count). The van der Waals surface area contributed by atoms with Gasteiger partial charge in [0.1, 0.15) is 0 Å². The molecule has 3 nitrogen and oxygen atoms in total. The van der Waals surface area contributed by atoms with Crippen molar-refractivity contribution in [2.45, 2.75) is 32.0 Å². The minimum atomic E-state index is -0.470. The zero-order valence-electron chi connectivity index (χ0n) is 10.8. The van der Waals surface area contributed by atoms with Crippen LogP contribution in [0.15, 0.2) is 22.7 Å². The Labute approximate surface area is 117 Å². The van der Waals surface area contributed by atoms with Crippen LogP contribution in [0.5, 0.6) is 0 Å². The highest BCUT2D eigenvalue weighted by Gasteiger charge is 2.28. The summed E-state index contributed by atoms with van der Waals surface area (Å²) < 4.78 is 1.02. The van der Waals surface area contributed by atoms with Crippen LogP contribution < -0.4 is 4.90 Å². The third-order valence-electron chi connectivity index (χ3n) is 3.60. The lowest BCUT2D eigenvalue weighted by atomic mass is 9.82. The number of hydrogen-bond donors (Lipinski definition) is 2. The maximum absolute atomic E-state index is 9.81. The van der Waals surface area contributed by atoms with Crippen molar-refractivity contribution >= 4 is 21.6 Å². The quantitative estimate of drug-likeness (QED) is 0.898. The first-order valence-corrected chi connectivity index (χ1v) is 7.13. The van der Waals surface area contributed by atoms with E-state index in [2.05, 4.69) is 20.8 Å². The lowest BCUT2D eigenvalue weighted by Crippen LogP contribution is -2.37. The highest BCUT2D eigenvalue weighted by molar-refractivity contribution is 9.10. The number of aliphatic hydroxyl groups excluding tert-OH is 2. The first-order chi connectivity index (χ1) is 8.47. The van der Waals surface area contributed by atoms with Crippen molar-refractivity contribution in [3.8, 4) is 0 Å². The van der Waals surface area contributed by atoms with E-state index in [1.54, 1.807) is 6.92 Å². The van der Waals surface area contributed by atoms with E-state index < -0.39 is 6.10 Å². The molecule has 0 saturated heterocycles. The van der Waals surface area contributed by atoms with Gasteiger partial charge >= 0.3 is 0 Å². The summed E-state index contributed by atoms with van der Waals surface area (Å²) in [5.74, 6) is 0.561. The molecule has 2 N–H and O–H groups in total. The fraction of sp³-hybridized carbons (Fsp3) is 0.571. The molecule has 0 aliphatic heterocycles. The van der Waals surface area contributed by atoms with Gasteiger partial charge in [-0.05, 0) is 37.8 Å². The van der Waals surface area contributed by atoms with Crippen molar-refractivity contribution in [1.82, 2.24) is 0 Å². The van der Waals surface area contributed by atoms with E-state index >= 15 is 0 Å². The summed E-state index contributed by atoms with van der Waals surface area (Å²) in [5, 5.41) is 19.1. The van der Waals surface area contributed by atoms with Crippen molar-refractivity contribution in [1.29, 1.82) is 0 Å². The number of anilines is 1. The second kappa shape index (κ2) is 5.59. The maximum Gasteiger partial charge on any atom is 0.0782 e. The van der Waals surface area contributed by atoms with E-state index in [1.165, 1.54) is 0 Å². The minimum Gasteiger partial charge on any atom is -0.393 e. The summed E-state index contributed by atoms with van der Waals surface area (Å²) in [5.41, 5.74) is 2.00. The lowest BCUT2D eigenvalue weighted by Gasteiger charge is -2.36. The molecule has 0 amide bonds. The maximum atomic E-state index is 9.81. The van der Waals surface area contributed by atoms with Gasteiger partial charge in [-0.25, -0.2) is 0 Å². The molecule has 0 aromatic heterocycles. The van der Waals surface area contributed by atoms with Crippen LogP contribution in [0.3, 0.4) is 0 Å². The van der Waals surface area contributed by atoms with Crippen LogP contribution in [0.1, 0.15) is 31.4 Å². The van der Waals surface area contributed by atoms with Gasteiger partial charge in [-0.2, -0.15) is 0 Å². The molecule has 1 aliphatic carbocycles. The van der Waals surface area contributed by atoms with E-state index in [4.69, 9.17) is 0 Å². The number of halogens is 1. The summed E-state index contributed by atoms with van der Waals surface area (Å²) in [4.78, 5) is 2.17. The van der Waals surface area contributed by atoms with Crippen LogP contribution in [0.25, 0.3) is 0 Å². The molecule has 1 atom stereocenters. The Balaban J connectivity index is 2.12. The number of benzene rings is 1. The SMILES string of the molecule is CC(O)c1ccc(Br)cc1N(C)CC1CC(O)C1. The Bertz CT molecular complexity index is 416. The van der Waals surface area contributed by atoms with Crippen LogP contribution in [0.4, 0.5) is 5.69 Å². The lowest BCUT2D eigenvalue weighted by molar-refractivity contribution is 0.0464. The zero-order chi connectivity index (χ0) is 13.3. The van der Waals surface area contributed by atoms with Crippen LogP contribution >= 0.6 is 15.9 Å². The van der Waals surface area contributed by atoms with E-state index in [-0.39, 0.29) is 6.10 Å². The standard InChI is InChI=1S/C14H20BrNO2/c1-9(17)13-4-3-11(15)7-14(13)16(2)8-10-5-12(18)6-10/h3-4,7,9-10,12,17-18H,5-6,8H2,1-2H3. The molecule has 0 spiro atoms. The van der Waals surface area contributed by atoms with E-state index in [9.17, 15) is 10.2 Å². The van der Waals surface area contributed by atoms with Gasteiger partial charge in [-0.3, -0.25) is 0 Å². The topological polar surface area (TPSA) is 43.7 Å². The first-order valence-electron chi connectivity index (χ1n) is 6.34. The molecule has 1 aromatic carbocycles. The Morgan fingerprint density at radius 3 is 2.67 bits per heavy atom. The molecule has 1 aromatic rings. The van der Waals surface area contributed by atoms with E-state index in [1.807, 2.05) is 25.2 Å². The molecule has 1 unspecified atom stereocenters. The number of hydrogen-bond acceptors (Lipinski definition) is 3. The zero-order valence-corrected chi connectivity index (χ0v) is 12.4. The predicted molar refractivity (Wildman–Crippen MR) is 76.8 cm³/mol. The van der Waals surface area contributed by atoms with Gasteiger partial charge < -0.3 is 15.1 Å². The number of nitrogens with zero attached hydrogens (tertiary/aromatic N) is 1. The smallest absolute Gasteiger partial charge is 0.0782 e. The summed E-state index contributed by atoms with van der Waals surface area (Å²) in [6.45, 7) is 2.71. The molecule has 18 heavy (non-hydrogen) atoms. The molecule has 0 radical (unpaired) electrons. The Kier molecular flexibility index (Phi) is 4.30. The van der Waals surface area contributed by atoms with Crippen LogP contribution in [0, 0.1) is 5.92 Å². The van der Waals surface area contributed by atoms with Gasteiger partial charge in [-0.15, -0.1) is 0 Å². The van der Waals surface area contributed by atoms with Gasteiger partial charge in [0.25, 0.3) is 0 Å². The normalized spacial score (nSPS) is 24.5. The fourth-order valence-corrected chi connectivity index (χ4v) is 2.88. The van der Waals surface area contributed by atoms with Gasteiger partial charge in [0.2, 0.25) is 0 Å². The molecule has 1 fully saturated rings. The Hall–Kier alpha value is -0.580. The van der Waals surface area contributed by atoms with Crippen molar-refractivity contribution in [3.05, 3.63) is 28.2 Å². The molecule has 1 aliphatic rings. The third-order valence-corrected chi connectivity index (χ3v) is 4.09. The summed E-state index contributed by atoms with van der Waals surface area (Å²) in [7, 11) is 2.04. The summed E-state index contributed by atoms with van der Waals surface area (Å²) in [6.07, 6.45) is 1.20. The van der Waals surface area contributed by atoms with Gasteiger partial charge in [0.15, 0.2) is 0 Å². The predicted octanol–water partition coefficient (Wildman–Crippen LogP) is 2.71. The average Bonchev–Trinajstić information content (AvgIpc) is 2.26. The molecule has 100 valence electrons. The van der Waals surface area contributed by atoms with Crippen LogP contribution in [0.2, 0.25) is 0 Å². The summed E-state index contributed by atoms with van der Waals surface area (Å²) >= 11 is 3.47. The van der Waals surface area contributed by atoms with Gasteiger partial charge in [0.05, 0.1) is 12.2 Å². The third kappa shape index (κ3) is 3.05. The van der Waals surface area contributed by atoms with Crippen LogP contribution in [-0.2, 0) is 0 Å². The highest BCUT2D eigenvalue weighted by atomic mass is 79.9. The Morgan fingerprint density at radius 2 is 2.11 bits per heavy atom. The first kappa shape index (κ1) is 13.8. The second-order valence-electron chi connectivity index (χ2n) is 5.25. The van der Waals surface area contributed by atoms with E-state index in [0.717, 1.165) is 35.1 Å². The molecule has 4 heteroatoms. The van der Waals surface area contributed by atoms with E-state index in [0.29, 0.717) is 5.92 Å².